The lowest BCUT2D eigenvalue weighted by Crippen LogP contribution is -2.46. The van der Waals surface area contributed by atoms with Crippen LogP contribution in [-0.4, -0.2) is 46.8 Å². The summed E-state index contributed by atoms with van der Waals surface area (Å²) in [5.41, 5.74) is 1.35. The van der Waals surface area contributed by atoms with E-state index in [9.17, 15) is 0 Å². The maximum atomic E-state index is 9.05. The monoisotopic (exact) mass is 277 g/mol. The van der Waals surface area contributed by atoms with E-state index in [1.54, 1.807) is 0 Å². The van der Waals surface area contributed by atoms with Crippen molar-refractivity contribution in [3.8, 4) is 0 Å². The molecule has 0 amide bonds. The van der Waals surface area contributed by atoms with Gasteiger partial charge in [0.15, 0.2) is 0 Å². The molecule has 0 aromatic carbocycles. The molecule has 1 fully saturated rings. The van der Waals surface area contributed by atoms with Crippen molar-refractivity contribution in [2.24, 2.45) is 0 Å². The highest BCUT2D eigenvalue weighted by Gasteiger charge is 2.20. The van der Waals surface area contributed by atoms with Gasteiger partial charge in [-0.3, -0.25) is 9.88 Å². The van der Waals surface area contributed by atoms with E-state index in [1.165, 1.54) is 18.4 Å². The first kappa shape index (κ1) is 15.4. The summed E-state index contributed by atoms with van der Waals surface area (Å²) in [6.07, 6.45) is 8.10. The second-order valence-electron chi connectivity index (χ2n) is 5.69. The number of nitrogens with one attached hydrogen (secondary N) is 1. The van der Waals surface area contributed by atoms with E-state index in [4.69, 9.17) is 5.11 Å². The molecule has 1 aliphatic heterocycles. The zero-order valence-electron chi connectivity index (χ0n) is 12.5. The Hall–Kier alpha value is -0.970. The van der Waals surface area contributed by atoms with Crippen molar-refractivity contribution in [3.05, 3.63) is 30.1 Å². The van der Waals surface area contributed by atoms with Crippen molar-refractivity contribution >= 4 is 0 Å². The number of nitrogens with zero attached hydrogens (tertiary/aromatic N) is 2. The molecule has 20 heavy (non-hydrogen) atoms. The third-order valence-corrected chi connectivity index (χ3v) is 4.18. The summed E-state index contributed by atoms with van der Waals surface area (Å²) >= 11 is 0. The zero-order chi connectivity index (χ0) is 14.2. The predicted octanol–water partition coefficient (Wildman–Crippen LogP) is 1.80. The maximum Gasteiger partial charge on any atom is 0.0445 e. The number of likely N-dealkylation sites (tertiary alicyclic amines) is 1. The number of hydrogen-bond donors (Lipinski definition) is 2. The van der Waals surface area contributed by atoms with Crippen LogP contribution in [-0.2, 0) is 6.54 Å². The average molecular weight is 277 g/mol. The Labute approximate surface area is 122 Å². The molecule has 0 saturated carbocycles. The van der Waals surface area contributed by atoms with Gasteiger partial charge < -0.3 is 10.4 Å². The minimum absolute atomic E-state index is 0.284. The summed E-state index contributed by atoms with van der Waals surface area (Å²) < 4.78 is 0. The van der Waals surface area contributed by atoms with E-state index in [2.05, 4.69) is 34.3 Å². The molecule has 2 rings (SSSR count). The summed E-state index contributed by atoms with van der Waals surface area (Å²) in [7, 11) is 0. The zero-order valence-corrected chi connectivity index (χ0v) is 12.5. The molecule has 1 aromatic rings. The van der Waals surface area contributed by atoms with Crippen LogP contribution in [0.25, 0.3) is 0 Å². The van der Waals surface area contributed by atoms with E-state index < -0.39 is 0 Å². The molecule has 4 heteroatoms. The van der Waals surface area contributed by atoms with Gasteiger partial charge in [-0.1, -0.05) is 6.92 Å². The van der Waals surface area contributed by atoms with Crippen molar-refractivity contribution in [2.45, 2.75) is 51.2 Å². The van der Waals surface area contributed by atoms with Gasteiger partial charge in [0.2, 0.25) is 0 Å². The van der Waals surface area contributed by atoms with Crippen molar-refractivity contribution < 1.29 is 5.11 Å². The third-order valence-electron chi connectivity index (χ3n) is 4.18. The van der Waals surface area contributed by atoms with Crippen LogP contribution < -0.4 is 5.32 Å². The summed E-state index contributed by atoms with van der Waals surface area (Å²) in [5.74, 6) is 0. The number of aliphatic hydroxyl groups excluding tert-OH is 1. The quantitative estimate of drug-likeness (QED) is 0.798. The molecule has 1 saturated heterocycles. The normalized spacial score (nSPS) is 19.1. The Morgan fingerprint density at radius 3 is 2.65 bits per heavy atom. The van der Waals surface area contributed by atoms with Gasteiger partial charge in [-0.05, 0) is 56.5 Å². The Balaban J connectivity index is 1.72. The molecule has 2 N–H and O–H groups in total. The Bertz CT molecular complexity index is 363. The van der Waals surface area contributed by atoms with Crippen LogP contribution in [0, 0.1) is 0 Å². The van der Waals surface area contributed by atoms with E-state index in [1.807, 2.05) is 12.4 Å². The van der Waals surface area contributed by atoms with Crippen LogP contribution in [0.3, 0.4) is 0 Å². The minimum Gasteiger partial charge on any atom is -0.396 e. The van der Waals surface area contributed by atoms with Gasteiger partial charge in [-0.25, -0.2) is 0 Å². The molecule has 4 nitrogen and oxygen atoms in total. The molecule has 0 bridgehead atoms. The third kappa shape index (κ3) is 4.85. The van der Waals surface area contributed by atoms with Gasteiger partial charge in [0.1, 0.15) is 0 Å². The topological polar surface area (TPSA) is 48.4 Å². The fourth-order valence-electron chi connectivity index (χ4n) is 2.90. The summed E-state index contributed by atoms with van der Waals surface area (Å²) in [5, 5.41) is 12.7. The summed E-state index contributed by atoms with van der Waals surface area (Å²) in [4.78, 5) is 6.58. The number of hydrogen-bond acceptors (Lipinski definition) is 4. The Morgan fingerprint density at radius 1 is 1.35 bits per heavy atom. The fraction of sp³-hybridized carbons (Fsp3) is 0.688. The lowest BCUT2D eigenvalue weighted by atomic mass is 10.0. The van der Waals surface area contributed by atoms with E-state index in [0.717, 1.165) is 32.5 Å². The van der Waals surface area contributed by atoms with Crippen LogP contribution in [0.15, 0.2) is 24.5 Å². The molecule has 1 atom stereocenters. The smallest absolute Gasteiger partial charge is 0.0445 e. The van der Waals surface area contributed by atoms with Crippen LogP contribution in [0.2, 0.25) is 0 Å². The van der Waals surface area contributed by atoms with E-state index >= 15 is 0 Å². The van der Waals surface area contributed by atoms with Crippen LogP contribution in [0.4, 0.5) is 0 Å². The maximum absolute atomic E-state index is 9.05. The van der Waals surface area contributed by atoms with Gasteiger partial charge in [-0.15, -0.1) is 0 Å². The Kier molecular flexibility index (Phi) is 6.43. The van der Waals surface area contributed by atoms with Crippen LogP contribution in [0.5, 0.6) is 0 Å². The average Bonchev–Trinajstić information content (AvgIpc) is 2.50. The molecule has 1 unspecified atom stereocenters. The molecule has 2 heterocycles. The van der Waals surface area contributed by atoms with Gasteiger partial charge in [0.05, 0.1) is 0 Å². The first-order valence-corrected chi connectivity index (χ1v) is 7.80. The molecule has 112 valence electrons. The molecule has 0 spiro atoms. The van der Waals surface area contributed by atoms with Gasteiger partial charge in [0, 0.05) is 37.6 Å². The lowest BCUT2D eigenvalue weighted by Gasteiger charge is -2.34. The summed E-state index contributed by atoms with van der Waals surface area (Å²) in [6.45, 7) is 5.80. The highest BCUT2D eigenvalue weighted by atomic mass is 16.3. The highest BCUT2D eigenvalue weighted by molar-refractivity contribution is 5.09. The summed E-state index contributed by atoms with van der Waals surface area (Å²) in [6, 6.07) is 5.27. The van der Waals surface area contributed by atoms with Gasteiger partial charge >= 0.3 is 0 Å². The number of rotatable bonds is 7. The van der Waals surface area contributed by atoms with Gasteiger partial charge in [0.25, 0.3) is 0 Å². The molecule has 1 aromatic heterocycles. The van der Waals surface area contributed by atoms with Crippen molar-refractivity contribution in [1.82, 2.24) is 15.2 Å². The van der Waals surface area contributed by atoms with Crippen molar-refractivity contribution in [1.29, 1.82) is 0 Å². The van der Waals surface area contributed by atoms with Crippen molar-refractivity contribution in [3.63, 3.8) is 0 Å². The number of aliphatic hydroxyl groups is 1. The standard InChI is InChI=1S/C16H27N3O/c1-2-15(7-12-20)18-16-5-10-19(11-6-16)13-14-3-8-17-9-4-14/h3-4,8-9,15-16,18,20H,2,5-7,10-13H2,1H3. The van der Waals surface area contributed by atoms with Gasteiger partial charge in [-0.2, -0.15) is 0 Å². The number of pyridine rings is 1. The number of piperidine rings is 1. The fourth-order valence-corrected chi connectivity index (χ4v) is 2.90. The molecule has 0 radical (unpaired) electrons. The SMILES string of the molecule is CCC(CCO)NC1CCN(Cc2ccncc2)CC1. The minimum atomic E-state index is 0.284. The lowest BCUT2D eigenvalue weighted by molar-refractivity contribution is 0.176. The number of aromatic nitrogens is 1. The predicted molar refractivity (Wildman–Crippen MR) is 81.5 cm³/mol. The molecular formula is C16H27N3O. The molecule has 1 aliphatic rings. The second kappa shape index (κ2) is 8.35. The van der Waals surface area contributed by atoms with E-state index in [0.29, 0.717) is 12.1 Å². The molecule has 0 aliphatic carbocycles. The van der Waals surface area contributed by atoms with Crippen LogP contribution >= 0.6 is 0 Å². The first-order valence-electron chi connectivity index (χ1n) is 7.80. The highest BCUT2D eigenvalue weighted by Crippen LogP contribution is 2.15. The van der Waals surface area contributed by atoms with Crippen LogP contribution in [0.1, 0.15) is 38.2 Å². The van der Waals surface area contributed by atoms with E-state index in [-0.39, 0.29) is 6.61 Å². The Morgan fingerprint density at radius 2 is 2.05 bits per heavy atom. The second-order valence-corrected chi connectivity index (χ2v) is 5.69. The molecular weight excluding hydrogens is 250 g/mol. The first-order chi connectivity index (χ1) is 9.81. The largest absolute Gasteiger partial charge is 0.396 e. The van der Waals surface area contributed by atoms with Crippen molar-refractivity contribution in [2.75, 3.05) is 19.7 Å².